The number of carbonyl (C=O) groups excluding carboxylic acids is 1. The average molecular weight is 246 g/mol. The molecule has 96 valence electrons. The summed E-state index contributed by atoms with van der Waals surface area (Å²) in [5.41, 5.74) is 1.65. The molecule has 0 aliphatic heterocycles. The molecule has 0 aliphatic rings. The lowest BCUT2D eigenvalue weighted by Crippen LogP contribution is -1.99. The Labute approximate surface area is 107 Å². The number of Topliss-reactive ketones (excluding diaryl/α,β-unsaturated/α-hetero) is 1. The number of carbonyl (C=O) groups is 1. The Morgan fingerprint density at radius 2 is 2.11 bits per heavy atom. The Morgan fingerprint density at radius 1 is 1.44 bits per heavy atom. The third-order valence-electron chi connectivity index (χ3n) is 2.39. The van der Waals surface area contributed by atoms with Gasteiger partial charge in [-0.1, -0.05) is 18.2 Å². The molecule has 0 saturated carbocycles. The van der Waals surface area contributed by atoms with Crippen LogP contribution in [0.3, 0.4) is 0 Å². The summed E-state index contributed by atoms with van der Waals surface area (Å²) in [6.45, 7) is 9.38. The van der Waals surface area contributed by atoms with E-state index in [0.29, 0.717) is 23.5 Å². The zero-order valence-electron chi connectivity index (χ0n) is 11.0. The molecule has 1 rings (SSSR count). The topological polar surface area (TPSA) is 46.5 Å². The Hall–Kier alpha value is -2.03. The fraction of sp³-hybridized carbons (Fsp3) is 0.267. The lowest BCUT2D eigenvalue weighted by atomic mass is 10.0. The number of ether oxygens (including phenoxy) is 1. The largest absolute Gasteiger partial charge is 0.506 e. The van der Waals surface area contributed by atoms with Crippen molar-refractivity contribution < 1.29 is 14.6 Å². The summed E-state index contributed by atoms with van der Waals surface area (Å²) in [4.78, 5) is 11.4. The van der Waals surface area contributed by atoms with E-state index < -0.39 is 0 Å². The Kier molecular flexibility index (Phi) is 4.72. The molecule has 0 aromatic heterocycles. The SMILES string of the molecule is C=C(C)C=Cc1c(OCC)ccc(C(C)=O)c1O. The third-order valence-corrected chi connectivity index (χ3v) is 2.39. The monoisotopic (exact) mass is 246 g/mol. The second-order valence-electron chi connectivity index (χ2n) is 4.04. The van der Waals surface area contributed by atoms with Gasteiger partial charge >= 0.3 is 0 Å². The van der Waals surface area contributed by atoms with E-state index in [4.69, 9.17) is 4.74 Å². The first-order chi connectivity index (χ1) is 8.47. The van der Waals surface area contributed by atoms with E-state index in [1.807, 2.05) is 13.8 Å². The smallest absolute Gasteiger partial charge is 0.163 e. The summed E-state index contributed by atoms with van der Waals surface area (Å²) in [5.74, 6) is 0.323. The highest BCUT2D eigenvalue weighted by atomic mass is 16.5. The molecule has 0 aliphatic carbocycles. The highest BCUT2D eigenvalue weighted by Crippen LogP contribution is 2.33. The first-order valence-electron chi connectivity index (χ1n) is 5.80. The summed E-state index contributed by atoms with van der Waals surface area (Å²) >= 11 is 0. The van der Waals surface area contributed by atoms with Crippen molar-refractivity contribution in [3.8, 4) is 11.5 Å². The van der Waals surface area contributed by atoms with Crippen LogP contribution in [0, 0.1) is 0 Å². The van der Waals surface area contributed by atoms with Gasteiger partial charge in [-0.05, 0) is 39.0 Å². The molecule has 0 fully saturated rings. The fourth-order valence-corrected chi connectivity index (χ4v) is 1.54. The molecule has 18 heavy (non-hydrogen) atoms. The molecule has 1 aromatic rings. The van der Waals surface area contributed by atoms with Crippen LogP contribution in [0.25, 0.3) is 6.08 Å². The molecule has 3 heteroatoms. The minimum absolute atomic E-state index is 0.0500. The van der Waals surface area contributed by atoms with Gasteiger partial charge in [-0.3, -0.25) is 4.79 Å². The van der Waals surface area contributed by atoms with E-state index >= 15 is 0 Å². The van der Waals surface area contributed by atoms with Crippen molar-refractivity contribution in [2.45, 2.75) is 20.8 Å². The van der Waals surface area contributed by atoms with E-state index in [1.54, 1.807) is 24.3 Å². The number of hydrogen-bond acceptors (Lipinski definition) is 3. The van der Waals surface area contributed by atoms with E-state index in [1.165, 1.54) is 6.92 Å². The predicted molar refractivity (Wildman–Crippen MR) is 73.1 cm³/mol. The number of hydrogen-bond donors (Lipinski definition) is 1. The van der Waals surface area contributed by atoms with Gasteiger partial charge in [0.2, 0.25) is 0 Å². The molecule has 0 atom stereocenters. The Balaban J connectivity index is 3.35. The number of allylic oxidation sites excluding steroid dienone is 2. The van der Waals surface area contributed by atoms with Crippen LogP contribution in [-0.4, -0.2) is 17.5 Å². The maximum Gasteiger partial charge on any atom is 0.163 e. The molecule has 0 unspecified atom stereocenters. The quantitative estimate of drug-likeness (QED) is 0.638. The van der Waals surface area contributed by atoms with Gasteiger partial charge < -0.3 is 9.84 Å². The predicted octanol–water partition coefficient (Wildman–Crippen LogP) is 3.58. The number of phenolic OH excluding ortho intramolecular Hbond substituents is 1. The third kappa shape index (κ3) is 3.23. The molecule has 1 N–H and O–H groups in total. The van der Waals surface area contributed by atoms with Gasteiger partial charge in [0.05, 0.1) is 17.7 Å². The number of benzene rings is 1. The van der Waals surface area contributed by atoms with Crippen LogP contribution in [0.2, 0.25) is 0 Å². The normalized spacial score (nSPS) is 10.6. The van der Waals surface area contributed by atoms with Crippen LogP contribution in [0.1, 0.15) is 36.7 Å². The van der Waals surface area contributed by atoms with Crippen molar-refractivity contribution in [1.82, 2.24) is 0 Å². The number of ketones is 1. The summed E-state index contributed by atoms with van der Waals surface area (Å²) in [5, 5.41) is 10.1. The number of aromatic hydroxyl groups is 1. The zero-order chi connectivity index (χ0) is 13.7. The van der Waals surface area contributed by atoms with E-state index in [9.17, 15) is 9.90 Å². The highest BCUT2D eigenvalue weighted by molar-refractivity contribution is 5.98. The van der Waals surface area contributed by atoms with Gasteiger partial charge in [-0.2, -0.15) is 0 Å². The zero-order valence-corrected chi connectivity index (χ0v) is 11.0. The lowest BCUT2D eigenvalue weighted by molar-refractivity contribution is 0.101. The summed E-state index contributed by atoms with van der Waals surface area (Å²) in [6, 6.07) is 3.26. The van der Waals surface area contributed by atoms with Crippen molar-refractivity contribution in [3.05, 3.63) is 41.5 Å². The van der Waals surface area contributed by atoms with Crippen LogP contribution in [0.4, 0.5) is 0 Å². The molecule has 0 bridgehead atoms. The molecule has 0 spiro atoms. The summed E-state index contributed by atoms with van der Waals surface area (Å²) < 4.78 is 5.43. The summed E-state index contributed by atoms with van der Waals surface area (Å²) in [6.07, 6.45) is 3.47. The number of phenols is 1. The van der Waals surface area contributed by atoms with Crippen LogP contribution >= 0.6 is 0 Å². The van der Waals surface area contributed by atoms with Crippen molar-refractivity contribution in [2.24, 2.45) is 0 Å². The van der Waals surface area contributed by atoms with Gasteiger partial charge in [-0.25, -0.2) is 0 Å². The van der Waals surface area contributed by atoms with Gasteiger partial charge in [0, 0.05) is 0 Å². The standard InChI is InChI=1S/C15H18O3/c1-5-18-14-9-8-12(11(4)16)15(17)13(14)7-6-10(2)3/h6-9,17H,2,5H2,1,3-4H3. The average Bonchev–Trinajstić information content (AvgIpc) is 2.28. The van der Waals surface area contributed by atoms with Gasteiger partial charge in [-0.15, -0.1) is 0 Å². The maximum atomic E-state index is 11.4. The van der Waals surface area contributed by atoms with Crippen LogP contribution in [0.5, 0.6) is 11.5 Å². The van der Waals surface area contributed by atoms with E-state index in [-0.39, 0.29) is 11.5 Å². The van der Waals surface area contributed by atoms with Crippen molar-refractivity contribution >= 4 is 11.9 Å². The van der Waals surface area contributed by atoms with E-state index in [2.05, 4.69) is 6.58 Å². The van der Waals surface area contributed by atoms with Crippen molar-refractivity contribution in [3.63, 3.8) is 0 Å². The molecular weight excluding hydrogens is 228 g/mol. The molecule has 0 heterocycles. The second-order valence-corrected chi connectivity index (χ2v) is 4.04. The molecule has 1 aromatic carbocycles. The molecule has 0 amide bonds. The maximum absolute atomic E-state index is 11.4. The van der Waals surface area contributed by atoms with Gasteiger partial charge in [0.1, 0.15) is 11.5 Å². The number of rotatable bonds is 5. The van der Waals surface area contributed by atoms with Crippen LogP contribution in [0.15, 0.2) is 30.4 Å². The highest BCUT2D eigenvalue weighted by Gasteiger charge is 2.14. The Morgan fingerprint density at radius 3 is 2.61 bits per heavy atom. The molecule has 3 nitrogen and oxygen atoms in total. The molecular formula is C15H18O3. The van der Waals surface area contributed by atoms with Gasteiger partial charge in [0.15, 0.2) is 5.78 Å². The van der Waals surface area contributed by atoms with Crippen molar-refractivity contribution in [1.29, 1.82) is 0 Å². The van der Waals surface area contributed by atoms with Crippen LogP contribution < -0.4 is 4.74 Å². The lowest BCUT2D eigenvalue weighted by Gasteiger charge is -2.11. The van der Waals surface area contributed by atoms with Gasteiger partial charge in [0.25, 0.3) is 0 Å². The second kappa shape index (κ2) is 6.05. The minimum Gasteiger partial charge on any atom is -0.506 e. The first-order valence-corrected chi connectivity index (χ1v) is 5.80. The summed E-state index contributed by atoms with van der Waals surface area (Å²) in [7, 11) is 0. The minimum atomic E-state index is -0.180. The Bertz CT molecular complexity index is 499. The first kappa shape index (κ1) is 14.0. The van der Waals surface area contributed by atoms with Crippen molar-refractivity contribution in [2.75, 3.05) is 6.61 Å². The van der Waals surface area contributed by atoms with Crippen LogP contribution in [-0.2, 0) is 0 Å². The fourth-order valence-electron chi connectivity index (χ4n) is 1.54. The molecule has 0 saturated heterocycles. The molecule has 0 radical (unpaired) electrons. The van der Waals surface area contributed by atoms with E-state index in [0.717, 1.165) is 5.57 Å².